The lowest BCUT2D eigenvalue weighted by Crippen LogP contribution is -2.48. The van der Waals surface area contributed by atoms with Crippen LogP contribution in [-0.2, 0) is 20.8 Å². The molecule has 130 valence electrons. The summed E-state index contributed by atoms with van der Waals surface area (Å²) in [5.74, 6) is -1.31. The van der Waals surface area contributed by atoms with Crippen LogP contribution in [0, 0.1) is 5.92 Å². The molecule has 7 heteroatoms. The van der Waals surface area contributed by atoms with Gasteiger partial charge in [-0.1, -0.05) is 12.1 Å². The number of hydrogen-bond donors (Lipinski definition) is 2. The summed E-state index contributed by atoms with van der Waals surface area (Å²) < 4.78 is 5.17. The molecule has 2 rings (SSSR count). The minimum atomic E-state index is -0.894. The lowest BCUT2D eigenvalue weighted by molar-refractivity contribution is -0.141. The Morgan fingerprint density at radius 1 is 1.42 bits per heavy atom. The number of methoxy groups -OCH3 is 1. The second-order valence-corrected chi connectivity index (χ2v) is 5.92. The van der Waals surface area contributed by atoms with Gasteiger partial charge >= 0.3 is 5.97 Å². The number of hydrogen-bond acceptors (Lipinski definition) is 4. The summed E-state index contributed by atoms with van der Waals surface area (Å²) >= 11 is 0. The second-order valence-electron chi connectivity index (χ2n) is 5.92. The Kier molecular flexibility index (Phi) is 5.78. The Morgan fingerprint density at radius 2 is 2.17 bits per heavy atom. The Hall–Kier alpha value is -2.57. The molecule has 1 saturated heterocycles. The summed E-state index contributed by atoms with van der Waals surface area (Å²) in [6, 6.07) is 6.57. The number of carboxylic acids is 1. The highest BCUT2D eigenvalue weighted by molar-refractivity contribution is 5.88. The Balaban J connectivity index is 2.11. The highest BCUT2D eigenvalue weighted by atomic mass is 16.5. The Labute approximate surface area is 140 Å². The molecule has 0 radical (unpaired) electrons. The fraction of sp³-hybridized carbons (Fsp3) is 0.471. The zero-order chi connectivity index (χ0) is 17.7. The highest BCUT2D eigenvalue weighted by Crippen LogP contribution is 2.19. The van der Waals surface area contributed by atoms with Gasteiger partial charge < -0.3 is 20.1 Å². The molecule has 2 amide bonds. The van der Waals surface area contributed by atoms with Crippen LogP contribution in [0.4, 0.5) is 0 Å². The van der Waals surface area contributed by atoms with Gasteiger partial charge in [0.05, 0.1) is 13.0 Å². The number of benzene rings is 1. The maximum atomic E-state index is 12.7. The van der Waals surface area contributed by atoms with Crippen LogP contribution in [0.2, 0.25) is 0 Å². The van der Waals surface area contributed by atoms with E-state index >= 15 is 0 Å². The van der Waals surface area contributed by atoms with Crippen molar-refractivity contribution in [1.82, 2.24) is 10.2 Å². The van der Waals surface area contributed by atoms with Crippen molar-refractivity contribution in [3.63, 3.8) is 0 Å². The van der Waals surface area contributed by atoms with E-state index in [0.29, 0.717) is 25.1 Å². The van der Waals surface area contributed by atoms with Crippen LogP contribution in [0.3, 0.4) is 0 Å². The lowest BCUT2D eigenvalue weighted by atomic mass is 10.0. The van der Waals surface area contributed by atoms with Gasteiger partial charge in [0.2, 0.25) is 11.8 Å². The maximum Gasteiger partial charge on any atom is 0.308 e. The quantitative estimate of drug-likeness (QED) is 0.797. The molecule has 1 aliphatic heterocycles. The maximum absolute atomic E-state index is 12.7. The van der Waals surface area contributed by atoms with Crippen molar-refractivity contribution in [2.45, 2.75) is 25.8 Å². The SMILES string of the molecule is COc1cccc(C[C@H](NC(C)=O)C(=O)N2CC[C@@H](C(=O)O)C2)c1. The van der Waals surface area contributed by atoms with Crippen molar-refractivity contribution in [3.8, 4) is 5.75 Å². The molecule has 1 heterocycles. The molecule has 7 nitrogen and oxygen atoms in total. The molecule has 0 spiro atoms. The Morgan fingerprint density at radius 3 is 2.75 bits per heavy atom. The van der Waals surface area contributed by atoms with Crippen molar-refractivity contribution in [2.24, 2.45) is 5.92 Å². The topological polar surface area (TPSA) is 95.9 Å². The van der Waals surface area contributed by atoms with E-state index in [-0.39, 0.29) is 18.4 Å². The first-order chi connectivity index (χ1) is 11.4. The van der Waals surface area contributed by atoms with Crippen LogP contribution in [-0.4, -0.2) is 54.0 Å². The number of aliphatic carboxylic acids is 1. The van der Waals surface area contributed by atoms with Crippen LogP contribution < -0.4 is 10.1 Å². The van der Waals surface area contributed by atoms with Crippen molar-refractivity contribution in [1.29, 1.82) is 0 Å². The van der Waals surface area contributed by atoms with Gasteiger partial charge in [-0.25, -0.2) is 0 Å². The third-order valence-electron chi connectivity index (χ3n) is 4.10. The van der Waals surface area contributed by atoms with Crippen LogP contribution in [0.15, 0.2) is 24.3 Å². The average Bonchev–Trinajstić information content (AvgIpc) is 3.03. The molecule has 0 unspecified atom stereocenters. The molecule has 1 fully saturated rings. The molecule has 0 aromatic heterocycles. The zero-order valence-corrected chi connectivity index (χ0v) is 13.8. The molecular weight excluding hydrogens is 312 g/mol. The first-order valence-electron chi connectivity index (χ1n) is 7.82. The molecule has 1 aromatic carbocycles. The van der Waals surface area contributed by atoms with Crippen LogP contribution in [0.5, 0.6) is 5.75 Å². The molecule has 1 aromatic rings. The summed E-state index contributed by atoms with van der Waals surface area (Å²) in [5, 5.41) is 11.7. The number of nitrogens with zero attached hydrogens (tertiary/aromatic N) is 1. The monoisotopic (exact) mass is 334 g/mol. The van der Waals surface area contributed by atoms with E-state index in [0.717, 1.165) is 5.56 Å². The fourth-order valence-corrected chi connectivity index (χ4v) is 2.86. The number of ether oxygens (including phenoxy) is 1. The number of carboxylic acid groups (broad SMARTS) is 1. The first-order valence-corrected chi connectivity index (χ1v) is 7.82. The molecule has 0 saturated carbocycles. The van der Waals surface area contributed by atoms with Gasteiger partial charge in [-0.3, -0.25) is 14.4 Å². The molecule has 2 atom stereocenters. The molecular formula is C17H22N2O5. The van der Waals surface area contributed by atoms with Gasteiger partial charge in [-0.2, -0.15) is 0 Å². The molecule has 24 heavy (non-hydrogen) atoms. The van der Waals surface area contributed by atoms with Crippen molar-refractivity contribution in [3.05, 3.63) is 29.8 Å². The van der Waals surface area contributed by atoms with Crippen molar-refractivity contribution < 1.29 is 24.2 Å². The zero-order valence-electron chi connectivity index (χ0n) is 13.8. The smallest absolute Gasteiger partial charge is 0.308 e. The average molecular weight is 334 g/mol. The normalized spacial score (nSPS) is 18.1. The van der Waals surface area contributed by atoms with E-state index in [9.17, 15) is 14.4 Å². The van der Waals surface area contributed by atoms with Crippen LogP contribution in [0.25, 0.3) is 0 Å². The standard InChI is InChI=1S/C17H22N2O5/c1-11(20)18-15(9-12-4-3-5-14(8-12)24-2)16(21)19-7-6-13(10-19)17(22)23/h3-5,8,13,15H,6-7,9-10H2,1-2H3,(H,18,20)(H,22,23)/t13-,15+/m1/s1. The van der Waals surface area contributed by atoms with E-state index in [4.69, 9.17) is 9.84 Å². The third-order valence-corrected chi connectivity index (χ3v) is 4.10. The largest absolute Gasteiger partial charge is 0.497 e. The number of likely N-dealkylation sites (tertiary alicyclic amines) is 1. The van der Waals surface area contributed by atoms with E-state index in [1.165, 1.54) is 11.8 Å². The van der Waals surface area contributed by atoms with Gasteiger partial charge in [0.15, 0.2) is 0 Å². The minimum absolute atomic E-state index is 0.183. The van der Waals surface area contributed by atoms with E-state index < -0.39 is 17.9 Å². The number of carbonyl (C=O) groups excluding carboxylic acids is 2. The van der Waals surface area contributed by atoms with Crippen molar-refractivity contribution in [2.75, 3.05) is 20.2 Å². The van der Waals surface area contributed by atoms with Gasteiger partial charge in [0, 0.05) is 26.4 Å². The summed E-state index contributed by atoms with van der Waals surface area (Å²) in [6.45, 7) is 1.93. The molecule has 0 aliphatic carbocycles. The fourth-order valence-electron chi connectivity index (χ4n) is 2.86. The predicted molar refractivity (Wildman–Crippen MR) is 86.6 cm³/mol. The molecule has 2 N–H and O–H groups in total. The lowest BCUT2D eigenvalue weighted by Gasteiger charge is -2.24. The van der Waals surface area contributed by atoms with E-state index in [1.807, 2.05) is 18.2 Å². The molecule has 0 bridgehead atoms. The predicted octanol–water partition coefficient (Wildman–Crippen LogP) is 0.675. The van der Waals surface area contributed by atoms with Gasteiger partial charge in [-0.15, -0.1) is 0 Å². The number of rotatable bonds is 6. The molecule has 1 aliphatic rings. The summed E-state index contributed by atoms with van der Waals surface area (Å²) in [7, 11) is 1.56. The van der Waals surface area contributed by atoms with Gasteiger partial charge in [0.25, 0.3) is 0 Å². The second kappa shape index (κ2) is 7.81. The van der Waals surface area contributed by atoms with E-state index in [1.54, 1.807) is 13.2 Å². The van der Waals surface area contributed by atoms with Crippen LogP contribution in [0.1, 0.15) is 18.9 Å². The number of nitrogens with one attached hydrogen (secondary N) is 1. The highest BCUT2D eigenvalue weighted by Gasteiger charge is 2.34. The third kappa shape index (κ3) is 4.47. The van der Waals surface area contributed by atoms with Crippen molar-refractivity contribution >= 4 is 17.8 Å². The summed E-state index contributed by atoms with van der Waals surface area (Å²) in [5.41, 5.74) is 0.857. The number of amides is 2. The summed E-state index contributed by atoms with van der Waals surface area (Å²) in [6.07, 6.45) is 0.761. The Bertz CT molecular complexity index is 631. The van der Waals surface area contributed by atoms with Crippen LogP contribution >= 0.6 is 0 Å². The first kappa shape index (κ1) is 17.8. The van der Waals surface area contributed by atoms with Gasteiger partial charge in [-0.05, 0) is 24.1 Å². The number of carbonyl (C=O) groups is 3. The van der Waals surface area contributed by atoms with E-state index in [2.05, 4.69) is 5.32 Å². The minimum Gasteiger partial charge on any atom is -0.497 e. The van der Waals surface area contributed by atoms with Gasteiger partial charge in [0.1, 0.15) is 11.8 Å². The summed E-state index contributed by atoms with van der Waals surface area (Å²) in [4.78, 5) is 36.7.